The summed E-state index contributed by atoms with van der Waals surface area (Å²) in [6.07, 6.45) is 3.49. The van der Waals surface area contributed by atoms with Crippen LogP contribution < -0.4 is 15.4 Å². The Labute approximate surface area is 141 Å². The highest BCUT2D eigenvalue weighted by Gasteiger charge is 2.06. The molecule has 2 heterocycles. The molecule has 0 unspecified atom stereocenters. The van der Waals surface area contributed by atoms with Gasteiger partial charge in [0.05, 0.1) is 12.3 Å². The van der Waals surface area contributed by atoms with Gasteiger partial charge in [0.25, 0.3) is 0 Å². The summed E-state index contributed by atoms with van der Waals surface area (Å²) in [6, 6.07) is 13.5. The van der Waals surface area contributed by atoms with Gasteiger partial charge in [-0.05, 0) is 43.3 Å². The molecule has 3 aromatic rings. The van der Waals surface area contributed by atoms with Crippen molar-refractivity contribution in [2.45, 2.75) is 6.92 Å². The number of hydrogen-bond donors (Lipinski definition) is 2. The molecule has 0 aliphatic heterocycles. The SMILES string of the molecule is CCOc1ccc(Nc2cc(-c3ccncc3)nc(NC)n2)cc1. The van der Waals surface area contributed by atoms with E-state index in [2.05, 4.69) is 25.6 Å². The van der Waals surface area contributed by atoms with E-state index in [1.807, 2.05) is 49.4 Å². The lowest BCUT2D eigenvalue weighted by atomic mass is 10.2. The summed E-state index contributed by atoms with van der Waals surface area (Å²) in [4.78, 5) is 13.0. The number of nitrogens with zero attached hydrogens (tertiary/aromatic N) is 3. The number of ether oxygens (including phenoxy) is 1. The fraction of sp³-hybridized carbons (Fsp3) is 0.167. The van der Waals surface area contributed by atoms with Crippen molar-refractivity contribution in [3.8, 4) is 17.0 Å². The Kier molecular flexibility index (Phi) is 4.86. The van der Waals surface area contributed by atoms with Gasteiger partial charge in [-0.2, -0.15) is 4.98 Å². The summed E-state index contributed by atoms with van der Waals surface area (Å²) >= 11 is 0. The lowest BCUT2D eigenvalue weighted by molar-refractivity contribution is 0.340. The molecule has 2 aromatic heterocycles. The van der Waals surface area contributed by atoms with E-state index in [1.54, 1.807) is 19.4 Å². The number of anilines is 3. The van der Waals surface area contributed by atoms with E-state index >= 15 is 0 Å². The van der Waals surface area contributed by atoms with Crippen LogP contribution in [0.4, 0.5) is 17.5 Å². The maximum atomic E-state index is 5.46. The van der Waals surface area contributed by atoms with E-state index in [1.165, 1.54) is 0 Å². The molecule has 0 fully saturated rings. The molecule has 0 amide bonds. The third kappa shape index (κ3) is 3.78. The van der Waals surface area contributed by atoms with Crippen LogP contribution >= 0.6 is 0 Å². The number of nitrogens with one attached hydrogen (secondary N) is 2. The molecule has 0 bridgehead atoms. The Morgan fingerprint density at radius 2 is 1.75 bits per heavy atom. The van der Waals surface area contributed by atoms with Crippen LogP contribution in [0.15, 0.2) is 54.9 Å². The van der Waals surface area contributed by atoms with Crippen LogP contribution in [-0.4, -0.2) is 28.6 Å². The number of aromatic nitrogens is 3. The zero-order valence-corrected chi connectivity index (χ0v) is 13.7. The summed E-state index contributed by atoms with van der Waals surface area (Å²) in [5, 5.41) is 6.29. The van der Waals surface area contributed by atoms with E-state index in [-0.39, 0.29) is 0 Å². The first kappa shape index (κ1) is 15.7. The second kappa shape index (κ2) is 7.41. The molecule has 0 atom stereocenters. The largest absolute Gasteiger partial charge is 0.494 e. The van der Waals surface area contributed by atoms with E-state index in [0.717, 1.165) is 22.7 Å². The number of rotatable bonds is 6. The van der Waals surface area contributed by atoms with Crippen LogP contribution in [0.5, 0.6) is 5.75 Å². The summed E-state index contributed by atoms with van der Waals surface area (Å²) in [7, 11) is 1.80. The topological polar surface area (TPSA) is 72.0 Å². The molecule has 0 saturated carbocycles. The van der Waals surface area contributed by atoms with Crippen molar-refractivity contribution < 1.29 is 4.74 Å². The van der Waals surface area contributed by atoms with Gasteiger partial charge in [0.15, 0.2) is 0 Å². The maximum Gasteiger partial charge on any atom is 0.224 e. The van der Waals surface area contributed by atoms with Crippen molar-refractivity contribution in [1.29, 1.82) is 0 Å². The Morgan fingerprint density at radius 1 is 1.00 bits per heavy atom. The van der Waals surface area contributed by atoms with E-state index in [0.29, 0.717) is 18.4 Å². The van der Waals surface area contributed by atoms with Crippen molar-refractivity contribution in [2.75, 3.05) is 24.3 Å². The van der Waals surface area contributed by atoms with Crippen molar-refractivity contribution in [2.24, 2.45) is 0 Å². The standard InChI is InChI=1S/C18H19N5O/c1-3-24-15-6-4-14(5-7-15)21-17-12-16(22-18(19-2)23-17)13-8-10-20-11-9-13/h4-12H,3H2,1-2H3,(H2,19,21,22,23). The van der Waals surface area contributed by atoms with Crippen molar-refractivity contribution >= 4 is 17.5 Å². The van der Waals surface area contributed by atoms with Gasteiger partial charge >= 0.3 is 0 Å². The minimum atomic E-state index is 0.553. The lowest BCUT2D eigenvalue weighted by Gasteiger charge is -2.10. The first-order chi connectivity index (χ1) is 11.8. The zero-order chi connectivity index (χ0) is 16.8. The zero-order valence-electron chi connectivity index (χ0n) is 13.7. The van der Waals surface area contributed by atoms with E-state index < -0.39 is 0 Å². The molecule has 3 rings (SSSR count). The highest BCUT2D eigenvalue weighted by atomic mass is 16.5. The first-order valence-electron chi connectivity index (χ1n) is 7.75. The molecule has 2 N–H and O–H groups in total. The Balaban J connectivity index is 1.87. The average Bonchev–Trinajstić information content (AvgIpc) is 2.64. The average molecular weight is 321 g/mol. The summed E-state index contributed by atoms with van der Waals surface area (Å²) in [5.74, 6) is 2.11. The van der Waals surface area contributed by atoms with Crippen LogP contribution in [0.3, 0.4) is 0 Å². The third-order valence-electron chi connectivity index (χ3n) is 3.36. The highest BCUT2D eigenvalue weighted by Crippen LogP contribution is 2.24. The van der Waals surface area contributed by atoms with Crippen LogP contribution in [0, 0.1) is 0 Å². The fourth-order valence-electron chi connectivity index (χ4n) is 2.24. The van der Waals surface area contributed by atoms with Gasteiger partial charge < -0.3 is 15.4 Å². The van der Waals surface area contributed by atoms with Crippen molar-refractivity contribution in [3.05, 3.63) is 54.9 Å². The van der Waals surface area contributed by atoms with Gasteiger partial charge in [0, 0.05) is 36.8 Å². The second-order valence-corrected chi connectivity index (χ2v) is 5.03. The summed E-state index contributed by atoms with van der Waals surface area (Å²) in [6.45, 7) is 2.62. The third-order valence-corrected chi connectivity index (χ3v) is 3.36. The highest BCUT2D eigenvalue weighted by molar-refractivity contribution is 5.67. The lowest BCUT2D eigenvalue weighted by Crippen LogP contribution is -2.02. The monoisotopic (exact) mass is 321 g/mol. The van der Waals surface area contributed by atoms with Gasteiger partial charge in [0.2, 0.25) is 5.95 Å². The van der Waals surface area contributed by atoms with Gasteiger partial charge in [0.1, 0.15) is 11.6 Å². The van der Waals surface area contributed by atoms with Crippen LogP contribution in [0.2, 0.25) is 0 Å². The molecule has 24 heavy (non-hydrogen) atoms. The molecule has 0 radical (unpaired) electrons. The van der Waals surface area contributed by atoms with Crippen LogP contribution in [0.25, 0.3) is 11.3 Å². The predicted molar refractivity (Wildman–Crippen MR) is 95.7 cm³/mol. The van der Waals surface area contributed by atoms with Crippen LogP contribution in [-0.2, 0) is 0 Å². The maximum absolute atomic E-state index is 5.46. The smallest absolute Gasteiger partial charge is 0.224 e. The van der Waals surface area contributed by atoms with Gasteiger partial charge in [-0.25, -0.2) is 4.98 Å². The number of pyridine rings is 1. The molecule has 6 heteroatoms. The second-order valence-electron chi connectivity index (χ2n) is 5.03. The number of hydrogen-bond acceptors (Lipinski definition) is 6. The Bertz CT molecular complexity index is 790. The molecular weight excluding hydrogens is 302 g/mol. The normalized spacial score (nSPS) is 10.2. The fourth-order valence-corrected chi connectivity index (χ4v) is 2.24. The van der Waals surface area contributed by atoms with E-state index in [9.17, 15) is 0 Å². The molecule has 122 valence electrons. The Morgan fingerprint density at radius 3 is 2.42 bits per heavy atom. The molecule has 0 spiro atoms. The predicted octanol–water partition coefficient (Wildman–Crippen LogP) is 3.72. The molecule has 1 aromatic carbocycles. The molecule has 0 saturated heterocycles. The van der Waals surface area contributed by atoms with Crippen molar-refractivity contribution in [1.82, 2.24) is 15.0 Å². The molecular formula is C18H19N5O. The van der Waals surface area contributed by atoms with Gasteiger partial charge in [-0.1, -0.05) is 0 Å². The molecule has 0 aliphatic rings. The Hall–Kier alpha value is -3.15. The first-order valence-corrected chi connectivity index (χ1v) is 7.75. The molecule has 6 nitrogen and oxygen atoms in total. The van der Waals surface area contributed by atoms with Crippen molar-refractivity contribution in [3.63, 3.8) is 0 Å². The van der Waals surface area contributed by atoms with E-state index in [4.69, 9.17) is 4.74 Å². The quantitative estimate of drug-likeness (QED) is 0.721. The van der Waals surface area contributed by atoms with Crippen LogP contribution in [0.1, 0.15) is 6.92 Å². The van der Waals surface area contributed by atoms with Gasteiger partial charge in [-0.15, -0.1) is 0 Å². The summed E-state index contributed by atoms with van der Waals surface area (Å²) < 4.78 is 5.46. The minimum Gasteiger partial charge on any atom is -0.494 e. The number of benzene rings is 1. The van der Waals surface area contributed by atoms with Gasteiger partial charge in [-0.3, -0.25) is 4.98 Å². The molecule has 0 aliphatic carbocycles. The summed E-state index contributed by atoms with van der Waals surface area (Å²) in [5.41, 5.74) is 2.74. The minimum absolute atomic E-state index is 0.553.